The molecule has 0 aliphatic heterocycles. The largest absolute Gasteiger partial charge is 0.497 e. The SMILES string of the molecule is COc1ccc2oc(C(=O)Nc3ccc(C)cc3)cc(=O)c2c1. The van der Waals surface area contributed by atoms with E-state index in [1.807, 2.05) is 19.1 Å². The highest BCUT2D eigenvalue weighted by atomic mass is 16.5. The fourth-order valence-corrected chi connectivity index (χ4v) is 2.20. The molecule has 2 aromatic carbocycles. The topological polar surface area (TPSA) is 68.5 Å². The summed E-state index contributed by atoms with van der Waals surface area (Å²) >= 11 is 0. The number of benzene rings is 2. The van der Waals surface area contributed by atoms with Crippen molar-refractivity contribution in [3.8, 4) is 5.75 Å². The molecule has 0 unspecified atom stereocenters. The standard InChI is InChI=1S/C18H15NO4/c1-11-3-5-12(6-4-11)19-18(21)17-10-15(20)14-9-13(22-2)7-8-16(14)23-17/h3-10H,1-2H3,(H,19,21). The minimum absolute atomic E-state index is 0.0340. The van der Waals surface area contributed by atoms with Crippen LogP contribution < -0.4 is 15.5 Å². The molecule has 0 fully saturated rings. The maximum absolute atomic E-state index is 12.2. The van der Waals surface area contributed by atoms with Crippen LogP contribution in [0.15, 0.2) is 57.7 Å². The number of rotatable bonds is 3. The molecule has 0 saturated carbocycles. The Morgan fingerprint density at radius 1 is 1.09 bits per heavy atom. The van der Waals surface area contributed by atoms with Crippen LogP contribution in [0.4, 0.5) is 5.69 Å². The van der Waals surface area contributed by atoms with Crippen molar-refractivity contribution in [2.75, 3.05) is 12.4 Å². The summed E-state index contributed by atoms with van der Waals surface area (Å²) in [5, 5.41) is 3.08. The van der Waals surface area contributed by atoms with Gasteiger partial charge in [-0.15, -0.1) is 0 Å². The smallest absolute Gasteiger partial charge is 0.291 e. The van der Waals surface area contributed by atoms with Crippen LogP contribution in [0.5, 0.6) is 5.75 Å². The highest BCUT2D eigenvalue weighted by Gasteiger charge is 2.13. The average Bonchev–Trinajstić information content (AvgIpc) is 2.56. The number of ether oxygens (including phenoxy) is 1. The van der Waals surface area contributed by atoms with Crippen LogP contribution in [0.1, 0.15) is 16.1 Å². The summed E-state index contributed by atoms with van der Waals surface area (Å²) in [6, 6.07) is 13.4. The van der Waals surface area contributed by atoms with Crippen molar-refractivity contribution in [1.29, 1.82) is 0 Å². The minimum Gasteiger partial charge on any atom is -0.497 e. The Labute approximate surface area is 132 Å². The van der Waals surface area contributed by atoms with E-state index in [2.05, 4.69) is 5.32 Å². The molecule has 3 aromatic rings. The third-order valence-electron chi connectivity index (χ3n) is 3.47. The number of amides is 1. The lowest BCUT2D eigenvalue weighted by Crippen LogP contribution is -2.15. The molecular formula is C18H15NO4. The van der Waals surface area contributed by atoms with Gasteiger partial charge < -0.3 is 14.5 Å². The van der Waals surface area contributed by atoms with Crippen molar-refractivity contribution < 1.29 is 13.9 Å². The van der Waals surface area contributed by atoms with Crippen molar-refractivity contribution in [3.05, 3.63) is 70.1 Å². The molecule has 0 aliphatic carbocycles. The van der Waals surface area contributed by atoms with Gasteiger partial charge >= 0.3 is 0 Å². The van der Waals surface area contributed by atoms with Crippen LogP contribution in [0.3, 0.4) is 0 Å². The predicted octanol–water partition coefficient (Wildman–Crippen LogP) is 3.36. The summed E-state index contributed by atoms with van der Waals surface area (Å²) in [5.74, 6) is 0.0542. The molecule has 3 rings (SSSR count). The van der Waals surface area contributed by atoms with Crippen molar-refractivity contribution in [2.45, 2.75) is 6.92 Å². The molecule has 1 heterocycles. The number of nitrogens with one attached hydrogen (secondary N) is 1. The lowest BCUT2D eigenvalue weighted by molar-refractivity contribution is 0.0997. The summed E-state index contributed by atoms with van der Waals surface area (Å²) in [4.78, 5) is 24.4. The number of anilines is 1. The zero-order valence-electron chi connectivity index (χ0n) is 12.8. The third kappa shape index (κ3) is 3.08. The summed E-state index contributed by atoms with van der Waals surface area (Å²) in [6.45, 7) is 1.96. The van der Waals surface area contributed by atoms with Gasteiger partial charge in [-0.3, -0.25) is 9.59 Å². The van der Waals surface area contributed by atoms with Gasteiger partial charge in [0.15, 0.2) is 11.2 Å². The maximum Gasteiger partial charge on any atom is 0.291 e. The van der Waals surface area contributed by atoms with E-state index in [0.717, 1.165) is 5.56 Å². The van der Waals surface area contributed by atoms with E-state index in [9.17, 15) is 9.59 Å². The number of carbonyl (C=O) groups excluding carboxylic acids is 1. The van der Waals surface area contributed by atoms with Crippen LogP contribution in [0.25, 0.3) is 11.0 Å². The number of aryl methyl sites for hydroxylation is 1. The molecule has 116 valence electrons. The van der Waals surface area contributed by atoms with E-state index in [0.29, 0.717) is 22.4 Å². The second-order valence-electron chi connectivity index (χ2n) is 5.16. The van der Waals surface area contributed by atoms with Crippen LogP contribution in [-0.2, 0) is 0 Å². The Balaban J connectivity index is 1.94. The molecule has 0 saturated heterocycles. The van der Waals surface area contributed by atoms with E-state index in [-0.39, 0.29) is 11.2 Å². The second-order valence-corrected chi connectivity index (χ2v) is 5.16. The van der Waals surface area contributed by atoms with E-state index in [1.165, 1.54) is 13.2 Å². The molecule has 5 nitrogen and oxygen atoms in total. The molecule has 1 aromatic heterocycles. The summed E-state index contributed by atoms with van der Waals surface area (Å²) in [5.41, 5.74) is 1.78. The normalized spacial score (nSPS) is 10.5. The Bertz CT molecular complexity index is 926. The monoisotopic (exact) mass is 309 g/mol. The summed E-state index contributed by atoms with van der Waals surface area (Å²) in [7, 11) is 1.52. The quantitative estimate of drug-likeness (QED) is 0.805. The van der Waals surface area contributed by atoms with Crippen molar-refractivity contribution in [2.24, 2.45) is 0 Å². The lowest BCUT2D eigenvalue weighted by Gasteiger charge is -2.06. The van der Waals surface area contributed by atoms with Gasteiger partial charge in [-0.2, -0.15) is 0 Å². The van der Waals surface area contributed by atoms with Crippen molar-refractivity contribution >= 4 is 22.6 Å². The Morgan fingerprint density at radius 2 is 1.83 bits per heavy atom. The van der Waals surface area contributed by atoms with Gasteiger partial charge in [-0.1, -0.05) is 17.7 Å². The zero-order valence-corrected chi connectivity index (χ0v) is 12.8. The highest BCUT2D eigenvalue weighted by molar-refractivity contribution is 6.03. The molecule has 1 N–H and O–H groups in total. The highest BCUT2D eigenvalue weighted by Crippen LogP contribution is 2.19. The van der Waals surface area contributed by atoms with Crippen LogP contribution in [0, 0.1) is 6.92 Å². The maximum atomic E-state index is 12.2. The molecule has 23 heavy (non-hydrogen) atoms. The fourth-order valence-electron chi connectivity index (χ4n) is 2.20. The third-order valence-corrected chi connectivity index (χ3v) is 3.47. The van der Waals surface area contributed by atoms with E-state index >= 15 is 0 Å². The zero-order chi connectivity index (χ0) is 16.4. The van der Waals surface area contributed by atoms with Gasteiger partial charge in [0.25, 0.3) is 5.91 Å². The number of hydrogen-bond acceptors (Lipinski definition) is 4. The molecule has 0 atom stereocenters. The summed E-state index contributed by atoms with van der Waals surface area (Å²) < 4.78 is 10.6. The first-order valence-electron chi connectivity index (χ1n) is 7.07. The molecule has 5 heteroatoms. The Hall–Kier alpha value is -3.08. The molecule has 0 bridgehead atoms. The van der Waals surface area contributed by atoms with Gasteiger partial charge in [0.2, 0.25) is 0 Å². The fraction of sp³-hybridized carbons (Fsp3) is 0.111. The first-order chi connectivity index (χ1) is 11.1. The summed E-state index contributed by atoms with van der Waals surface area (Å²) in [6.07, 6.45) is 0. The van der Waals surface area contributed by atoms with Crippen molar-refractivity contribution in [3.63, 3.8) is 0 Å². The number of carbonyl (C=O) groups is 1. The molecule has 1 amide bonds. The van der Waals surface area contributed by atoms with Gasteiger partial charge in [0, 0.05) is 11.8 Å². The van der Waals surface area contributed by atoms with E-state index in [1.54, 1.807) is 30.3 Å². The number of methoxy groups -OCH3 is 1. The van der Waals surface area contributed by atoms with Gasteiger partial charge in [-0.25, -0.2) is 0 Å². The first-order valence-corrected chi connectivity index (χ1v) is 7.07. The first kappa shape index (κ1) is 14.8. The van der Waals surface area contributed by atoms with Crippen LogP contribution >= 0.6 is 0 Å². The second kappa shape index (κ2) is 5.96. The van der Waals surface area contributed by atoms with Gasteiger partial charge in [0.05, 0.1) is 12.5 Å². The molecule has 0 spiro atoms. The predicted molar refractivity (Wildman–Crippen MR) is 88.2 cm³/mol. The molecule has 0 aliphatic rings. The number of fused-ring (bicyclic) bond motifs is 1. The molecular weight excluding hydrogens is 294 g/mol. The van der Waals surface area contributed by atoms with Crippen molar-refractivity contribution in [1.82, 2.24) is 0 Å². The number of hydrogen-bond donors (Lipinski definition) is 1. The lowest BCUT2D eigenvalue weighted by atomic mass is 10.2. The van der Waals surface area contributed by atoms with E-state index < -0.39 is 5.91 Å². The Morgan fingerprint density at radius 3 is 2.52 bits per heavy atom. The molecule has 0 radical (unpaired) electrons. The van der Waals surface area contributed by atoms with Crippen LogP contribution in [0.2, 0.25) is 0 Å². The van der Waals surface area contributed by atoms with Crippen LogP contribution in [-0.4, -0.2) is 13.0 Å². The van der Waals surface area contributed by atoms with Gasteiger partial charge in [0.1, 0.15) is 11.3 Å². The van der Waals surface area contributed by atoms with E-state index in [4.69, 9.17) is 9.15 Å². The Kier molecular flexibility index (Phi) is 3.85. The van der Waals surface area contributed by atoms with Gasteiger partial charge in [-0.05, 0) is 37.3 Å². The minimum atomic E-state index is -0.469. The average molecular weight is 309 g/mol.